The van der Waals surface area contributed by atoms with E-state index in [4.69, 9.17) is 27.9 Å². The number of hydrogen-bond acceptors (Lipinski definition) is 5. The minimum atomic E-state index is -0.608. The third-order valence-electron chi connectivity index (χ3n) is 8.24. The Bertz CT molecular complexity index is 1450. The largest absolute Gasteiger partial charge is 0.483 e. The number of amides is 1. The third kappa shape index (κ3) is 6.16. The van der Waals surface area contributed by atoms with Crippen molar-refractivity contribution in [3.63, 3.8) is 0 Å². The van der Waals surface area contributed by atoms with Crippen LogP contribution in [0.3, 0.4) is 0 Å². The van der Waals surface area contributed by atoms with E-state index in [9.17, 15) is 14.4 Å². The van der Waals surface area contributed by atoms with Gasteiger partial charge in [0.1, 0.15) is 5.75 Å². The second kappa shape index (κ2) is 11.5. The summed E-state index contributed by atoms with van der Waals surface area (Å²) in [7, 11) is 0. The fraction of sp³-hybridized carbons (Fsp3) is 0.441. The number of rotatable bonds is 7. The Hall–Kier alpha value is -3.09. The van der Waals surface area contributed by atoms with Gasteiger partial charge in [-0.15, -0.1) is 0 Å². The number of anilines is 1. The van der Waals surface area contributed by atoms with Gasteiger partial charge in [-0.2, -0.15) is 0 Å². The fourth-order valence-corrected chi connectivity index (χ4v) is 6.91. The maximum atomic E-state index is 14.0. The highest BCUT2D eigenvalue weighted by molar-refractivity contribution is 6.31. The number of carbonyl (C=O) groups excluding carboxylic acids is 3. The maximum absolute atomic E-state index is 14.0. The molecule has 0 unspecified atom stereocenters. The molecule has 0 aromatic heterocycles. The molecular weight excluding hydrogens is 571 g/mol. The van der Waals surface area contributed by atoms with Crippen LogP contribution >= 0.6 is 23.2 Å². The Morgan fingerprint density at radius 1 is 0.881 bits per heavy atom. The van der Waals surface area contributed by atoms with Gasteiger partial charge in [-0.05, 0) is 72.6 Å². The van der Waals surface area contributed by atoms with Crippen LogP contribution in [0.25, 0.3) is 0 Å². The van der Waals surface area contributed by atoms with Crippen molar-refractivity contribution in [2.75, 3.05) is 18.5 Å². The van der Waals surface area contributed by atoms with Crippen LogP contribution in [0.4, 0.5) is 5.69 Å². The molecule has 42 heavy (non-hydrogen) atoms. The minimum Gasteiger partial charge on any atom is -0.483 e. The molecule has 1 N–H and O–H groups in total. The summed E-state index contributed by atoms with van der Waals surface area (Å²) in [4.78, 5) is 43.1. The summed E-state index contributed by atoms with van der Waals surface area (Å²) >= 11 is 12.5. The first-order valence-corrected chi connectivity index (χ1v) is 15.3. The van der Waals surface area contributed by atoms with Crippen molar-refractivity contribution >= 4 is 46.4 Å². The second-order valence-corrected chi connectivity index (χ2v) is 14.1. The molecule has 0 saturated carbocycles. The van der Waals surface area contributed by atoms with Crippen LogP contribution < -0.4 is 10.1 Å². The van der Waals surface area contributed by atoms with Gasteiger partial charge in [0, 0.05) is 69.1 Å². The summed E-state index contributed by atoms with van der Waals surface area (Å²) in [6, 6.07) is 12.0. The Morgan fingerprint density at radius 3 is 1.98 bits per heavy atom. The standard InChI is InChI=1S/C34H38Cl2N2O4/c1-6-13-38-24-15-33(2,3)17-26(39)31(24)30(32-25(38)16-34(4,5)18-27(32)40)23-14-21(36)9-12-28(23)42-19-29(41)37-22-10-7-20(35)8-11-22/h7-12,14,30H,6,13,15-19H2,1-5H3,(H,37,41). The Kier molecular flexibility index (Phi) is 8.34. The summed E-state index contributed by atoms with van der Waals surface area (Å²) in [5.74, 6) is -0.440. The summed E-state index contributed by atoms with van der Waals surface area (Å²) in [6.45, 7) is 11.1. The minimum absolute atomic E-state index is 0.0444. The van der Waals surface area contributed by atoms with Gasteiger partial charge in [-0.3, -0.25) is 14.4 Å². The average molecular weight is 610 g/mol. The number of carbonyl (C=O) groups is 3. The van der Waals surface area contributed by atoms with Crippen LogP contribution in [0.15, 0.2) is 65.0 Å². The van der Waals surface area contributed by atoms with Crippen molar-refractivity contribution in [1.82, 2.24) is 4.90 Å². The van der Waals surface area contributed by atoms with E-state index >= 15 is 0 Å². The van der Waals surface area contributed by atoms with Gasteiger partial charge in [-0.25, -0.2) is 0 Å². The van der Waals surface area contributed by atoms with Gasteiger partial charge in [-0.1, -0.05) is 57.8 Å². The zero-order chi connectivity index (χ0) is 30.4. The number of ether oxygens (including phenoxy) is 1. The summed E-state index contributed by atoms with van der Waals surface area (Å²) < 4.78 is 6.11. The van der Waals surface area contributed by atoms with Crippen molar-refractivity contribution in [2.24, 2.45) is 10.8 Å². The topological polar surface area (TPSA) is 75.7 Å². The molecule has 0 spiro atoms. The molecule has 8 heteroatoms. The van der Waals surface area contributed by atoms with E-state index in [1.54, 1.807) is 42.5 Å². The summed E-state index contributed by atoms with van der Waals surface area (Å²) in [5, 5.41) is 3.85. The van der Waals surface area contributed by atoms with E-state index in [0.717, 1.165) is 37.2 Å². The van der Waals surface area contributed by atoms with Gasteiger partial charge in [0.25, 0.3) is 5.91 Å². The molecule has 222 valence electrons. The first-order chi connectivity index (χ1) is 19.8. The monoisotopic (exact) mass is 608 g/mol. The van der Waals surface area contributed by atoms with E-state index in [2.05, 4.69) is 44.8 Å². The number of ketones is 2. The first-order valence-electron chi connectivity index (χ1n) is 14.6. The van der Waals surface area contributed by atoms with Crippen LogP contribution in [-0.4, -0.2) is 35.5 Å². The predicted octanol–water partition coefficient (Wildman–Crippen LogP) is 8.11. The van der Waals surface area contributed by atoms with Crippen molar-refractivity contribution in [3.8, 4) is 5.75 Å². The van der Waals surface area contributed by atoms with Gasteiger partial charge in [0.05, 0.1) is 0 Å². The second-order valence-electron chi connectivity index (χ2n) is 13.2. The lowest BCUT2D eigenvalue weighted by Crippen LogP contribution is -2.44. The van der Waals surface area contributed by atoms with Crippen molar-refractivity contribution in [1.29, 1.82) is 0 Å². The molecule has 1 aliphatic heterocycles. The molecule has 1 amide bonds. The molecule has 0 atom stereocenters. The molecule has 2 aromatic rings. The smallest absolute Gasteiger partial charge is 0.262 e. The number of benzene rings is 2. The van der Waals surface area contributed by atoms with E-state index in [0.29, 0.717) is 51.0 Å². The molecule has 0 saturated heterocycles. The van der Waals surface area contributed by atoms with Crippen LogP contribution in [0.5, 0.6) is 5.75 Å². The predicted molar refractivity (Wildman–Crippen MR) is 167 cm³/mol. The molecule has 0 fully saturated rings. The highest BCUT2D eigenvalue weighted by Gasteiger charge is 2.49. The highest BCUT2D eigenvalue weighted by Crippen LogP contribution is 2.55. The van der Waals surface area contributed by atoms with Crippen molar-refractivity contribution in [2.45, 2.75) is 72.6 Å². The lowest BCUT2D eigenvalue weighted by molar-refractivity contribution is -0.120. The number of nitrogens with one attached hydrogen (secondary N) is 1. The molecule has 3 aliphatic rings. The molecule has 1 heterocycles. The molecule has 2 aliphatic carbocycles. The number of nitrogens with zero attached hydrogens (tertiary/aromatic N) is 1. The van der Waals surface area contributed by atoms with Crippen molar-refractivity contribution < 1.29 is 19.1 Å². The molecule has 6 nitrogen and oxygen atoms in total. The zero-order valence-electron chi connectivity index (χ0n) is 24.9. The average Bonchev–Trinajstić information content (AvgIpc) is 2.88. The lowest BCUT2D eigenvalue weighted by atomic mass is 9.63. The normalized spacial score (nSPS) is 19.9. The van der Waals surface area contributed by atoms with Crippen molar-refractivity contribution in [3.05, 3.63) is 80.6 Å². The van der Waals surface area contributed by atoms with Gasteiger partial charge < -0.3 is 15.0 Å². The summed E-state index contributed by atoms with van der Waals surface area (Å²) in [6.07, 6.45) is 3.14. The van der Waals surface area contributed by atoms with Crippen LogP contribution in [0, 0.1) is 10.8 Å². The zero-order valence-corrected chi connectivity index (χ0v) is 26.4. The summed E-state index contributed by atoms with van der Waals surface area (Å²) in [5.41, 5.74) is 4.15. The Morgan fingerprint density at radius 2 is 1.43 bits per heavy atom. The Labute approximate surface area is 258 Å². The van der Waals surface area contributed by atoms with E-state index < -0.39 is 5.92 Å². The van der Waals surface area contributed by atoms with E-state index in [-0.39, 0.29) is 34.9 Å². The number of hydrogen-bond donors (Lipinski definition) is 1. The number of Topliss-reactive ketones (excluding diaryl/α,β-unsaturated/α-hetero) is 2. The Balaban J connectivity index is 1.60. The number of halogens is 2. The van der Waals surface area contributed by atoms with E-state index in [1.807, 2.05) is 0 Å². The molecule has 5 rings (SSSR count). The van der Waals surface area contributed by atoms with Crippen LogP contribution in [0.2, 0.25) is 10.0 Å². The fourth-order valence-electron chi connectivity index (χ4n) is 6.60. The SMILES string of the molecule is CCCN1C2=C(C(=O)CC(C)(C)C2)C(c2cc(Cl)ccc2OCC(=O)Nc2ccc(Cl)cc2)C2=C1CC(C)(C)CC2=O. The first kappa shape index (κ1) is 30.4. The number of allylic oxidation sites excluding steroid dienone is 4. The van der Waals surface area contributed by atoms with Crippen LogP contribution in [-0.2, 0) is 14.4 Å². The maximum Gasteiger partial charge on any atom is 0.262 e. The lowest BCUT2D eigenvalue weighted by Gasteiger charge is -2.49. The molecule has 0 radical (unpaired) electrons. The van der Waals surface area contributed by atoms with Gasteiger partial charge in [0.2, 0.25) is 0 Å². The molecule has 2 aromatic carbocycles. The van der Waals surface area contributed by atoms with Gasteiger partial charge in [0.15, 0.2) is 18.2 Å². The highest BCUT2D eigenvalue weighted by atomic mass is 35.5. The van der Waals surface area contributed by atoms with Crippen LogP contribution in [0.1, 0.15) is 78.2 Å². The quantitative estimate of drug-likeness (QED) is 0.343. The molecule has 0 bridgehead atoms. The third-order valence-corrected chi connectivity index (χ3v) is 8.73. The van der Waals surface area contributed by atoms with E-state index in [1.165, 1.54) is 0 Å². The molecular formula is C34H38Cl2N2O4. The van der Waals surface area contributed by atoms with Gasteiger partial charge >= 0.3 is 0 Å².